The number of hydrogen-bond acceptors (Lipinski definition) is 2. The van der Waals surface area contributed by atoms with E-state index in [2.05, 4.69) is 43.7 Å². The van der Waals surface area contributed by atoms with Crippen molar-refractivity contribution in [2.45, 2.75) is 25.8 Å². The van der Waals surface area contributed by atoms with Gasteiger partial charge in [-0.05, 0) is 50.9 Å². The van der Waals surface area contributed by atoms with Crippen molar-refractivity contribution in [3.05, 3.63) is 27.1 Å². The van der Waals surface area contributed by atoms with E-state index in [1.165, 1.54) is 0 Å². The van der Waals surface area contributed by atoms with Gasteiger partial charge in [-0.1, -0.05) is 6.07 Å². The minimum absolute atomic E-state index is 0.274. The molecule has 1 aromatic carbocycles. The molecule has 0 N–H and O–H groups in total. The summed E-state index contributed by atoms with van der Waals surface area (Å²) in [5, 5.41) is 0. The molecule has 0 bridgehead atoms. The zero-order chi connectivity index (χ0) is 11.7. The first-order valence-electron chi connectivity index (χ1n) is 5.32. The van der Waals surface area contributed by atoms with Gasteiger partial charge in [-0.3, -0.25) is 4.79 Å². The van der Waals surface area contributed by atoms with Crippen molar-refractivity contribution in [1.82, 2.24) is 0 Å². The van der Waals surface area contributed by atoms with E-state index in [-0.39, 0.29) is 6.04 Å². The van der Waals surface area contributed by atoms with Crippen molar-refractivity contribution in [3.8, 4) is 0 Å². The number of rotatable bonds is 1. The third-order valence-corrected chi connectivity index (χ3v) is 4.19. The lowest BCUT2D eigenvalue weighted by atomic mass is 10.0. The van der Waals surface area contributed by atoms with Crippen LogP contribution in [0.25, 0.3) is 0 Å². The number of halogens is 2. The average Bonchev–Trinajstić information content (AvgIpc) is 2.20. The molecule has 2 nitrogen and oxygen atoms in total. The molecule has 1 atom stereocenters. The van der Waals surface area contributed by atoms with E-state index in [4.69, 9.17) is 0 Å². The van der Waals surface area contributed by atoms with Crippen LogP contribution in [0.15, 0.2) is 27.1 Å². The molecule has 1 heterocycles. The normalized spacial score (nSPS) is 21.3. The molecule has 4 heteroatoms. The van der Waals surface area contributed by atoms with Crippen LogP contribution in [-0.4, -0.2) is 18.4 Å². The van der Waals surface area contributed by atoms with Crippen LogP contribution in [0, 0.1) is 0 Å². The number of carbonyl (C=O) groups excluding carboxylic acids is 1. The molecule has 1 fully saturated rings. The van der Waals surface area contributed by atoms with Gasteiger partial charge in [-0.2, -0.15) is 0 Å². The number of ketones is 1. The van der Waals surface area contributed by atoms with E-state index >= 15 is 0 Å². The van der Waals surface area contributed by atoms with Gasteiger partial charge in [0.25, 0.3) is 0 Å². The number of carbonyl (C=O) groups is 1. The summed E-state index contributed by atoms with van der Waals surface area (Å²) in [6, 6.07) is 6.33. The molecule has 0 amide bonds. The lowest BCUT2D eigenvalue weighted by molar-refractivity contribution is -0.120. The molecule has 1 saturated heterocycles. The van der Waals surface area contributed by atoms with E-state index in [1.54, 1.807) is 0 Å². The van der Waals surface area contributed by atoms with Crippen molar-refractivity contribution >= 4 is 43.3 Å². The van der Waals surface area contributed by atoms with Crippen molar-refractivity contribution in [2.24, 2.45) is 0 Å². The molecule has 1 unspecified atom stereocenters. The fourth-order valence-corrected chi connectivity index (χ4v) is 3.56. The maximum absolute atomic E-state index is 11.4. The number of Topliss-reactive ketones (excluding diaryl/α,β-unsaturated/α-hetero) is 1. The van der Waals surface area contributed by atoms with Crippen molar-refractivity contribution in [2.75, 3.05) is 11.4 Å². The third-order valence-electron chi connectivity index (χ3n) is 2.91. The summed E-state index contributed by atoms with van der Waals surface area (Å²) in [6.07, 6.45) is 1.30. The molecule has 0 spiro atoms. The summed E-state index contributed by atoms with van der Waals surface area (Å²) in [4.78, 5) is 13.7. The van der Waals surface area contributed by atoms with Gasteiger partial charge in [0.2, 0.25) is 0 Å². The number of benzene rings is 1. The van der Waals surface area contributed by atoms with Gasteiger partial charge in [0.15, 0.2) is 0 Å². The van der Waals surface area contributed by atoms with Gasteiger partial charge in [0.05, 0.1) is 5.69 Å². The lowest BCUT2D eigenvalue weighted by Gasteiger charge is -2.36. The fraction of sp³-hybridized carbons (Fsp3) is 0.417. The van der Waals surface area contributed by atoms with Crippen LogP contribution >= 0.6 is 31.9 Å². The first-order valence-corrected chi connectivity index (χ1v) is 6.90. The van der Waals surface area contributed by atoms with Crippen LogP contribution in [0.3, 0.4) is 0 Å². The molecule has 0 aromatic heterocycles. The van der Waals surface area contributed by atoms with Crippen LogP contribution in [-0.2, 0) is 4.79 Å². The minimum Gasteiger partial charge on any atom is -0.366 e. The Morgan fingerprint density at radius 2 is 1.94 bits per heavy atom. The molecular weight excluding hydrogens is 334 g/mol. The zero-order valence-corrected chi connectivity index (χ0v) is 12.2. The van der Waals surface area contributed by atoms with Crippen LogP contribution < -0.4 is 4.90 Å². The smallest absolute Gasteiger partial charge is 0.136 e. The topological polar surface area (TPSA) is 20.3 Å². The molecular formula is C12H13Br2NO. The lowest BCUT2D eigenvalue weighted by Crippen LogP contribution is -2.41. The first kappa shape index (κ1) is 12.1. The molecule has 1 aromatic rings. The highest BCUT2D eigenvalue weighted by molar-refractivity contribution is 9.11. The Bertz CT molecular complexity index is 399. The van der Waals surface area contributed by atoms with E-state index in [0.29, 0.717) is 18.6 Å². The Morgan fingerprint density at radius 1 is 1.31 bits per heavy atom. The Hall–Kier alpha value is -0.350. The summed E-state index contributed by atoms with van der Waals surface area (Å²) in [5.74, 6) is 0.368. The van der Waals surface area contributed by atoms with E-state index in [0.717, 1.165) is 21.2 Å². The minimum atomic E-state index is 0.274. The number of anilines is 1. The van der Waals surface area contributed by atoms with Crippen LogP contribution in [0.1, 0.15) is 19.8 Å². The van der Waals surface area contributed by atoms with E-state index < -0.39 is 0 Å². The SMILES string of the molecule is CC1CC(=O)CCN1c1c(Br)cccc1Br. The summed E-state index contributed by atoms with van der Waals surface area (Å²) in [6.45, 7) is 2.91. The molecule has 1 aliphatic rings. The van der Waals surface area contributed by atoms with Gasteiger partial charge in [-0.25, -0.2) is 0 Å². The number of piperidine rings is 1. The van der Waals surface area contributed by atoms with Crippen molar-refractivity contribution in [1.29, 1.82) is 0 Å². The summed E-state index contributed by atoms with van der Waals surface area (Å²) in [5.41, 5.74) is 1.16. The Kier molecular flexibility index (Phi) is 3.70. The van der Waals surface area contributed by atoms with E-state index in [1.807, 2.05) is 18.2 Å². The van der Waals surface area contributed by atoms with Crippen molar-refractivity contribution < 1.29 is 4.79 Å². The van der Waals surface area contributed by atoms with Crippen molar-refractivity contribution in [3.63, 3.8) is 0 Å². The molecule has 2 rings (SSSR count). The standard InChI is InChI=1S/C12H13Br2NO/c1-8-7-9(16)5-6-15(8)12-10(13)3-2-4-11(12)14/h2-4,8H,5-7H2,1H3. The average molecular weight is 347 g/mol. The first-order chi connectivity index (χ1) is 7.59. The largest absolute Gasteiger partial charge is 0.366 e. The second kappa shape index (κ2) is 4.88. The maximum Gasteiger partial charge on any atom is 0.136 e. The number of nitrogens with zero attached hydrogens (tertiary/aromatic N) is 1. The monoisotopic (exact) mass is 345 g/mol. The summed E-state index contributed by atoms with van der Waals surface area (Å²) < 4.78 is 2.14. The zero-order valence-electron chi connectivity index (χ0n) is 9.04. The molecule has 16 heavy (non-hydrogen) atoms. The van der Waals surface area contributed by atoms with Crippen LogP contribution in [0.4, 0.5) is 5.69 Å². The molecule has 1 aliphatic heterocycles. The highest BCUT2D eigenvalue weighted by Gasteiger charge is 2.26. The van der Waals surface area contributed by atoms with Crippen LogP contribution in [0.5, 0.6) is 0 Å². The summed E-state index contributed by atoms with van der Waals surface area (Å²) >= 11 is 7.14. The Labute approximate surface area is 112 Å². The van der Waals surface area contributed by atoms with Gasteiger partial charge >= 0.3 is 0 Å². The number of para-hydroxylation sites is 1. The van der Waals surface area contributed by atoms with Gasteiger partial charge < -0.3 is 4.90 Å². The third kappa shape index (κ3) is 2.33. The molecule has 0 saturated carbocycles. The predicted octanol–water partition coefficient (Wildman–Crippen LogP) is 3.77. The Morgan fingerprint density at radius 3 is 2.50 bits per heavy atom. The maximum atomic E-state index is 11.4. The highest BCUT2D eigenvalue weighted by Crippen LogP contribution is 2.36. The van der Waals surface area contributed by atoms with E-state index in [9.17, 15) is 4.79 Å². The Balaban J connectivity index is 2.33. The summed E-state index contributed by atoms with van der Waals surface area (Å²) in [7, 11) is 0. The number of hydrogen-bond donors (Lipinski definition) is 0. The highest BCUT2D eigenvalue weighted by atomic mass is 79.9. The molecule has 0 radical (unpaired) electrons. The van der Waals surface area contributed by atoms with Gasteiger partial charge in [0.1, 0.15) is 5.78 Å². The van der Waals surface area contributed by atoms with Crippen LogP contribution in [0.2, 0.25) is 0 Å². The molecule has 0 aliphatic carbocycles. The fourth-order valence-electron chi connectivity index (χ4n) is 2.10. The second-order valence-electron chi connectivity index (χ2n) is 4.11. The molecule has 86 valence electrons. The second-order valence-corrected chi connectivity index (χ2v) is 5.81. The predicted molar refractivity (Wildman–Crippen MR) is 72.9 cm³/mol. The van der Waals surface area contributed by atoms with Gasteiger partial charge in [0, 0.05) is 34.4 Å². The van der Waals surface area contributed by atoms with Gasteiger partial charge in [-0.15, -0.1) is 0 Å². The quantitative estimate of drug-likeness (QED) is 0.771.